The lowest BCUT2D eigenvalue weighted by Gasteiger charge is -2.09. The summed E-state index contributed by atoms with van der Waals surface area (Å²) < 4.78 is 0. The molecule has 0 aliphatic heterocycles. The summed E-state index contributed by atoms with van der Waals surface area (Å²) in [5.74, 6) is -2.62. The molecule has 1 amide bonds. The molecule has 8 heteroatoms. The Bertz CT molecular complexity index is 513. The molecule has 18 heavy (non-hydrogen) atoms. The van der Waals surface area contributed by atoms with Crippen molar-refractivity contribution in [3.8, 4) is 5.75 Å². The number of nitrogens with zero attached hydrogens (tertiary/aromatic N) is 1. The third kappa shape index (κ3) is 2.94. The van der Waals surface area contributed by atoms with Gasteiger partial charge in [0.05, 0.1) is 10.5 Å². The van der Waals surface area contributed by atoms with Crippen molar-refractivity contribution < 1.29 is 24.7 Å². The third-order valence-corrected chi connectivity index (χ3v) is 2.15. The van der Waals surface area contributed by atoms with Crippen LogP contribution in [0.5, 0.6) is 5.75 Å². The minimum atomic E-state index is -1.26. The van der Waals surface area contributed by atoms with Crippen LogP contribution in [0.25, 0.3) is 0 Å². The number of phenols is 1. The van der Waals surface area contributed by atoms with Gasteiger partial charge in [0.2, 0.25) is 0 Å². The number of amides is 1. The quantitative estimate of drug-likeness (QED) is 0.530. The van der Waals surface area contributed by atoms with E-state index in [2.05, 4.69) is 5.32 Å². The monoisotopic (exact) mass is 254 g/mol. The van der Waals surface area contributed by atoms with E-state index in [-0.39, 0.29) is 11.3 Å². The lowest BCUT2D eigenvalue weighted by molar-refractivity contribution is -0.384. The maximum atomic E-state index is 11.6. The number of nitro benzene ring substituents is 1. The predicted octanol–water partition coefficient (Wildman–Crippen LogP) is 0.503. The van der Waals surface area contributed by atoms with Crippen LogP contribution in [0.1, 0.15) is 17.3 Å². The first-order valence-corrected chi connectivity index (χ1v) is 4.84. The molecular weight excluding hydrogens is 244 g/mol. The number of aromatic hydroxyl groups is 1. The highest BCUT2D eigenvalue weighted by molar-refractivity contribution is 5.99. The first kappa shape index (κ1) is 13.4. The summed E-state index contributed by atoms with van der Waals surface area (Å²) in [5.41, 5.74) is -0.724. The summed E-state index contributed by atoms with van der Waals surface area (Å²) in [6.45, 7) is 1.23. The fourth-order valence-electron chi connectivity index (χ4n) is 1.16. The number of benzene rings is 1. The van der Waals surface area contributed by atoms with Crippen molar-refractivity contribution in [3.63, 3.8) is 0 Å². The van der Waals surface area contributed by atoms with E-state index in [4.69, 9.17) is 5.11 Å². The Morgan fingerprint density at radius 2 is 2.06 bits per heavy atom. The van der Waals surface area contributed by atoms with E-state index in [1.165, 1.54) is 6.92 Å². The molecule has 0 aliphatic carbocycles. The smallest absolute Gasteiger partial charge is 0.325 e. The molecule has 0 spiro atoms. The van der Waals surface area contributed by atoms with Gasteiger partial charge in [-0.1, -0.05) is 0 Å². The Morgan fingerprint density at radius 1 is 1.44 bits per heavy atom. The molecule has 3 N–H and O–H groups in total. The molecule has 8 nitrogen and oxygen atoms in total. The van der Waals surface area contributed by atoms with Crippen molar-refractivity contribution in [2.75, 3.05) is 0 Å². The van der Waals surface area contributed by atoms with Crippen molar-refractivity contribution >= 4 is 17.6 Å². The predicted molar refractivity (Wildman–Crippen MR) is 59.3 cm³/mol. The normalized spacial score (nSPS) is 11.6. The number of nitro groups is 1. The highest BCUT2D eigenvalue weighted by atomic mass is 16.6. The molecule has 0 aliphatic rings. The van der Waals surface area contributed by atoms with Crippen molar-refractivity contribution in [1.82, 2.24) is 5.32 Å². The minimum Gasteiger partial charge on any atom is -0.507 e. The molecule has 0 bridgehead atoms. The summed E-state index contributed by atoms with van der Waals surface area (Å²) in [6, 6.07) is 1.74. The van der Waals surface area contributed by atoms with Gasteiger partial charge in [0.15, 0.2) is 0 Å². The Labute approximate surface area is 101 Å². The van der Waals surface area contributed by atoms with E-state index in [0.29, 0.717) is 0 Å². The molecule has 0 radical (unpaired) electrons. The van der Waals surface area contributed by atoms with Crippen molar-refractivity contribution in [1.29, 1.82) is 0 Å². The maximum absolute atomic E-state index is 11.6. The van der Waals surface area contributed by atoms with Crippen LogP contribution in [-0.2, 0) is 4.79 Å². The maximum Gasteiger partial charge on any atom is 0.325 e. The average Bonchev–Trinajstić information content (AvgIpc) is 2.28. The van der Waals surface area contributed by atoms with E-state index in [0.717, 1.165) is 18.2 Å². The lowest BCUT2D eigenvalue weighted by atomic mass is 10.1. The van der Waals surface area contributed by atoms with E-state index in [1.807, 2.05) is 0 Å². The van der Waals surface area contributed by atoms with Crippen LogP contribution < -0.4 is 5.32 Å². The third-order valence-electron chi connectivity index (χ3n) is 2.15. The SMILES string of the molecule is CC(NC(=O)c1cc([N+](=O)[O-])ccc1O)C(=O)O. The number of carboxylic acids is 1. The van der Waals surface area contributed by atoms with Crippen molar-refractivity contribution in [2.24, 2.45) is 0 Å². The summed E-state index contributed by atoms with van der Waals surface area (Å²) >= 11 is 0. The fourth-order valence-corrected chi connectivity index (χ4v) is 1.16. The molecular formula is C10H10N2O6. The summed E-state index contributed by atoms with van der Waals surface area (Å²) in [7, 11) is 0. The molecule has 1 aromatic rings. The fraction of sp³-hybridized carbons (Fsp3) is 0.200. The van der Waals surface area contributed by atoms with Crippen LogP contribution in [0.2, 0.25) is 0 Å². The first-order chi connectivity index (χ1) is 8.32. The summed E-state index contributed by atoms with van der Waals surface area (Å²) in [5, 5.41) is 30.6. The van der Waals surface area contributed by atoms with Crippen LogP contribution in [0, 0.1) is 10.1 Å². The molecule has 0 aromatic heterocycles. The van der Waals surface area contributed by atoms with Gasteiger partial charge in [-0.25, -0.2) is 0 Å². The number of carbonyl (C=O) groups is 2. The van der Waals surface area contributed by atoms with Crippen LogP contribution >= 0.6 is 0 Å². The average molecular weight is 254 g/mol. The molecule has 1 rings (SSSR count). The molecule has 0 fully saturated rings. The van der Waals surface area contributed by atoms with Crippen LogP contribution in [0.3, 0.4) is 0 Å². The molecule has 1 aromatic carbocycles. The molecule has 1 unspecified atom stereocenters. The van der Waals surface area contributed by atoms with Crippen LogP contribution in [0.15, 0.2) is 18.2 Å². The highest BCUT2D eigenvalue weighted by Crippen LogP contribution is 2.22. The van der Waals surface area contributed by atoms with Gasteiger partial charge in [-0.3, -0.25) is 19.7 Å². The molecule has 0 heterocycles. The first-order valence-electron chi connectivity index (χ1n) is 4.84. The zero-order valence-corrected chi connectivity index (χ0v) is 9.28. The summed E-state index contributed by atoms with van der Waals surface area (Å²) in [6.07, 6.45) is 0. The number of hydrogen-bond donors (Lipinski definition) is 3. The van der Waals surface area contributed by atoms with Gasteiger partial charge < -0.3 is 15.5 Å². The van der Waals surface area contributed by atoms with E-state index < -0.39 is 28.6 Å². The second-order valence-corrected chi connectivity index (χ2v) is 3.49. The van der Waals surface area contributed by atoms with Gasteiger partial charge in [-0.2, -0.15) is 0 Å². The van der Waals surface area contributed by atoms with Crippen LogP contribution in [-0.4, -0.2) is 33.1 Å². The second kappa shape index (κ2) is 5.13. The molecule has 0 saturated heterocycles. The van der Waals surface area contributed by atoms with Gasteiger partial charge in [0.25, 0.3) is 11.6 Å². The number of phenolic OH excluding ortho intramolecular Hbond substituents is 1. The van der Waals surface area contributed by atoms with E-state index >= 15 is 0 Å². The second-order valence-electron chi connectivity index (χ2n) is 3.49. The van der Waals surface area contributed by atoms with Crippen molar-refractivity contribution in [3.05, 3.63) is 33.9 Å². The van der Waals surface area contributed by atoms with Gasteiger partial charge in [-0.05, 0) is 13.0 Å². The van der Waals surface area contributed by atoms with Gasteiger partial charge in [-0.15, -0.1) is 0 Å². The van der Waals surface area contributed by atoms with Gasteiger partial charge in [0, 0.05) is 12.1 Å². The largest absolute Gasteiger partial charge is 0.507 e. The number of hydrogen-bond acceptors (Lipinski definition) is 5. The highest BCUT2D eigenvalue weighted by Gasteiger charge is 2.20. The molecule has 96 valence electrons. The Morgan fingerprint density at radius 3 is 2.56 bits per heavy atom. The van der Waals surface area contributed by atoms with E-state index in [9.17, 15) is 24.8 Å². The van der Waals surface area contributed by atoms with Crippen LogP contribution in [0.4, 0.5) is 5.69 Å². The lowest BCUT2D eigenvalue weighted by Crippen LogP contribution is -2.38. The number of carboxylic acid groups (broad SMARTS) is 1. The number of aliphatic carboxylic acids is 1. The van der Waals surface area contributed by atoms with Gasteiger partial charge in [0.1, 0.15) is 11.8 Å². The zero-order chi connectivity index (χ0) is 13.9. The van der Waals surface area contributed by atoms with Gasteiger partial charge >= 0.3 is 5.97 Å². The molecule has 1 atom stereocenters. The molecule has 0 saturated carbocycles. The standard InChI is InChI=1S/C10H10N2O6/c1-5(10(15)16)11-9(14)7-4-6(12(17)18)2-3-8(7)13/h2-5,13H,1H3,(H,11,14)(H,15,16). The van der Waals surface area contributed by atoms with Crippen molar-refractivity contribution in [2.45, 2.75) is 13.0 Å². The number of nitrogens with one attached hydrogen (secondary N) is 1. The minimum absolute atomic E-state index is 0.350. The Balaban J connectivity index is 3.01. The zero-order valence-electron chi connectivity index (χ0n) is 9.28. The Kier molecular flexibility index (Phi) is 3.82. The topological polar surface area (TPSA) is 130 Å². The number of non-ortho nitro benzene ring substituents is 1. The summed E-state index contributed by atoms with van der Waals surface area (Å²) in [4.78, 5) is 31.9. The Hall–Kier alpha value is -2.64. The number of rotatable bonds is 4. The van der Waals surface area contributed by atoms with E-state index in [1.54, 1.807) is 0 Å². The number of carbonyl (C=O) groups excluding carboxylic acids is 1.